The van der Waals surface area contributed by atoms with E-state index in [0.29, 0.717) is 28.7 Å². The predicted octanol–water partition coefficient (Wildman–Crippen LogP) is 4.07. The van der Waals surface area contributed by atoms with Crippen molar-refractivity contribution >= 4 is 15.7 Å². The molecule has 0 saturated heterocycles. The van der Waals surface area contributed by atoms with Gasteiger partial charge in [-0.2, -0.15) is 4.98 Å². The van der Waals surface area contributed by atoms with Gasteiger partial charge in [0, 0.05) is 30.0 Å². The molecule has 0 bridgehead atoms. The van der Waals surface area contributed by atoms with Gasteiger partial charge in [-0.3, -0.25) is 4.72 Å². The molecule has 1 aliphatic rings. The first-order valence-corrected chi connectivity index (χ1v) is 10.9. The van der Waals surface area contributed by atoms with Crippen LogP contribution in [0.4, 0.5) is 5.69 Å². The van der Waals surface area contributed by atoms with Crippen molar-refractivity contribution in [1.29, 1.82) is 0 Å². The van der Waals surface area contributed by atoms with Crippen molar-refractivity contribution in [3.63, 3.8) is 0 Å². The summed E-state index contributed by atoms with van der Waals surface area (Å²) in [7, 11) is -2.00. The molecule has 1 aliphatic carbocycles. The molecule has 0 spiro atoms. The van der Waals surface area contributed by atoms with Crippen LogP contribution in [0.3, 0.4) is 0 Å². The van der Waals surface area contributed by atoms with Crippen molar-refractivity contribution in [2.75, 3.05) is 4.72 Å². The first-order chi connectivity index (χ1) is 13.3. The Hall–Kier alpha value is -2.61. The minimum Gasteiger partial charge on any atom is -0.350 e. The van der Waals surface area contributed by atoms with Gasteiger partial charge in [0.25, 0.3) is 15.9 Å². The summed E-state index contributed by atoms with van der Waals surface area (Å²) >= 11 is 0. The highest BCUT2D eigenvalue weighted by atomic mass is 32.2. The fourth-order valence-corrected chi connectivity index (χ4v) is 5.07. The summed E-state index contributed by atoms with van der Waals surface area (Å²) in [5.41, 5.74) is 3.43. The fourth-order valence-electron chi connectivity index (χ4n) is 3.49. The summed E-state index contributed by atoms with van der Waals surface area (Å²) in [6, 6.07) is 7.23. The third-order valence-corrected chi connectivity index (χ3v) is 7.16. The first kappa shape index (κ1) is 18.7. The van der Waals surface area contributed by atoms with Gasteiger partial charge in [-0.15, -0.1) is 0 Å². The van der Waals surface area contributed by atoms with Gasteiger partial charge in [-0.25, -0.2) is 8.42 Å². The molecule has 0 aliphatic heterocycles. The van der Waals surface area contributed by atoms with E-state index in [1.165, 1.54) is 0 Å². The lowest BCUT2D eigenvalue weighted by Gasteiger charge is -2.20. The molecule has 148 valence electrons. The summed E-state index contributed by atoms with van der Waals surface area (Å²) in [6.45, 7) is 5.60. The molecule has 1 N–H and O–H groups in total. The minimum atomic E-state index is -3.84. The van der Waals surface area contributed by atoms with Crippen molar-refractivity contribution in [3.05, 3.63) is 47.0 Å². The number of aryl methyl sites for hydroxylation is 1. The molecular weight excluding hydrogens is 376 g/mol. The lowest BCUT2D eigenvalue weighted by molar-refractivity contribution is 0.366. The second kappa shape index (κ2) is 6.77. The number of hydrogen-bond donors (Lipinski definition) is 1. The van der Waals surface area contributed by atoms with Crippen LogP contribution in [0.5, 0.6) is 0 Å². The first-order valence-electron chi connectivity index (χ1n) is 9.37. The third-order valence-electron chi connectivity index (χ3n) is 5.62. The van der Waals surface area contributed by atoms with Crippen molar-refractivity contribution in [2.24, 2.45) is 7.05 Å². The highest BCUT2D eigenvalue weighted by Gasteiger charge is 2.32. The average Bonchev–Trinajstić information content (AvgIpc) is 3.14. The van der Waals surface area contributed by atoms with E-state index in [4.69, 9.17) is 4.52 Å². The van der Waals surface area contributed by atoms with Gasteiger partial charge >= 0.3 is 0 Å². The van der Waals surface area contributed by atoms with Crippen LogP contribution in [0.2, 0.25) is 0 Å². The summed E-state index contributed by atoms with van der Waals surface area (Å²) in [6.07, 6.45) is 3.26. The van der Waals surface area contributed by atoms with Crippen molar-refractivity contribution in [3.8, 4) is 11.5 Å². The van der Waals surface area contributed by atoms with Gasteiger partial charge < -0.3 is 9.09 Å². The number of sulfonamides is 1. The van der Waals surface area contributed by atoms with Gasteiger partial charge in [0.15, 0.2) is 5.82 Å². The minimum absolute atomic E-state index is 0.178. The third kappa shape index (κ3) is 3.11. The van der Waals surface area contributed by atoms with E-state index in [2.05, 4.69) is 14.9 Å². The highest BCUT2D eigenvalue weighted by Crippen LogP contribution is 2.38. The zero-order chi connectivity index (χ0) is 20.1. The molecule has 3 aromatic rings. The SMILES string of the molecule is Cc1ccc(NS(=O)(=O)c2c(-c3nc(C4CCC4)no3)c(C)n(C)c2C)cc1. The second-order valence-corrected chi connectivity index (χ2v) is 9.11. The van der Waals surface area contributed by atoms with E-state index in [0.717, 1.165) is 30.5 Å². The number of benzene rings is 1. The Bertz CT molecular complexity index is 1120. The van der Waals surface area contributed by atoms with E-state index in [9.17, 15) is 8.42 Å². The highest BCUT2D eigenvalue weighted by molar-refractivity contribution is 7.93. The molecule has 1 saturated carbocycles. The fraction of sp³-hybridized carbons (Fsp3) is 0.400. The quantitative estimate of drug-likeness (QED) is 0.697. The average molecular weight is 401 g/mol. The molecule has 0 radical (unpaired) electrons. The normalized spacial score (nSPS) is 14.9. The van der Waals surface area contributed by atoms with Gasteiger partial charge in [0.2, 0.25) is 0 Å². The van der Waals surface area contributed by atoms with E-state index in [1.807, 2.05) is 37.6 Å². The number of hydrogen-bond acceptors (Lipinski definition) is 5. The lowest BCUT2D eigenvalue weighted by Crippen LogP contribution is -2.15. The van der Waals surface area contributed by atoms with Crippen LogP contribution < -0.4 is 4.72 Å². The molecule has 1 aromatic carbocycles. The summed E-state index contributed by atoms with van der Waals surface area (Å²) in [5, 5.41) is 4.10. The molecule has 7 nitrogen and oxygen atoms in total. The van der Waals surface area contributed by atoms with Crippen LogP contribution in [-0.4, -0.2) is 23.1 Å². The summed E-state index contributed by atoms with van der Waals surface area (Å²) in [4.78, 5) is 4.70. The van der Waals surface area contributed by atoms with Gasteiger partial charge in [0.05, 0.1) is 5.56 Å². The molecule has 2 aromatic heterocycles. The Morgan fingerprint density at radius 2 is 1.79 bits per heavy atom. The second-order valence-electron chi connectivity index (χ2n) is 7.49. The number of nitrogens with one attached hydrogen (secondary N) is 1. The van der Waals surface area contributed by atoms with Crippen LogP contribution in [0.25, 0.3) is 11.5 Å². The topological polar surface area (TPSA) is 90.0 Å². The monoisotopic (exact) mass is 400 g/mol. The Morgan fingerprint density at radius 3 is 2.39 bits per heavy atom. The molecule has 2 heterocycles. The summed E-state index contributed by atoms with van der Waals surface area (Å²) < 4.78 is 36.5. The number of nitrogens with zero attached hydrogens (tertiary/aromatic N) is 3. The standard InChI is InChI=1S/C20H24N4O3S/c1-12-8-10-16(11-9-12)23-28(25,26)18-14(3)24(4)13(2)17(18)20-21-19(22-27-20)15-6-5-7-15/h8-11,15,23H,5-7H2,1-4H3. The lowest BCUT2D eigenvalue weighted by atomic mass is 9.85. The largest absolute Gasteiger partial charge is 0.350 e. The zero-order valence-corrected chi connectivity index (χ0v) is 17.3. The van der Waals surface area contributed by atoms with Gasteiger partial charge in [-0.05, 0) is 45.7 Å². The van der Waals surface area contributed by atoms with E-state index in [-0.39, 0.29) is 10.8 Å². The Morgan fingerprint density at radius 1 is 1.11 bits per heavy atom. The molecule has 28 heavy (non-hydrogen) atoms. The number of aromatic nitrogens is 3. The maximum Gasteiger partial charge on any atom is 0.264 e. The van der Waals surface area contributed by atoms with Crippen LogP contribution in [-0.2, 0) is 17.1 Å². The smallest absolute Gasteiger partial charge is 0.264 e. The molecule has 8 heteroatoms. The molecular formula is C20H24N4O3S. The van der Waals surface area contributed by atoms with Crippen molar-refractivity contribution < 1.29 is 12.9 Å². The Labute approximate surface area is 164 Å². The molecule has 0 atom stereocenters. The van der Waals surface area contributed by atoms with Crippen molar-refractivity contribution in [1.82, 2.24) is 14.7 Å². The molecule has 1 fully saturated rings. The van der Waals surface area contributed by atoms with E-state index >= 15 is 0 Å². The predicted molar refractivity (Wildman–Crippen MR) is 107 cm³/mol. The van der Waals surface area contributed by atoms with E-state index in [1.54, 1.807) is 19.1 Å². The molecule has 4 rings (SSSR count). The van der Waals surface area contributed by atoms with Crippen LogP contribution in [0.15, 0.2) is 33.7 Å². The van der Waals surface area contributed by atoms with Crippen LogP contribution in [0.1, 0.15) is 48.0 Å². The maximum atomic E-state index is 13.3. The van der Waals surface area contributed by atoms with E-state index < -0.39 is 10.0 Å². The molecule has 0 unspecified atom stereocenters. The Balaban J connectivity index is 1.79. The maximum absolute atomic E-state index is 13.3. The van der Waals surface area contributed by atoms with Crippen LogP contribution >= 0.6 is 0 Å². The van der Waals surface area contributed by atoms with Crippen molar-refractivity contribution in [2.45, 2.75) is 50.8 Å². The number of rotatable bonds is 5. The summed E-state index contributed by atoms with van der Waals surface area (Å²) in [5.74, 6) is 1.23. The zero-order valence-electron chi connectivity index (χ0n) is 16.5. The molecule has 0 amide bonds. The van der Waals surface area contributed by atoms with Crippen LogP contribution in [0, 0.1) is 20.8 Å². The number of anilines is 1. The van der Waals surface area contributed by atoms with Gasteiger partial charge in [-0.1, -0.05) is 29.3 Å². The van der Waals surface area contributed by atoms with Gasteiger partial charge in [0.1, 0.15) is 4.90 Å². The Kier molecular flexibility index (Phi) is 4.53.